The summed E-state index contributed by atoms with van der Waals surface area (Å²) in [5.41, 5.74) is 3.46. The average molecular weight is 476 g/mol. The van der Waals surface area contributed by atoms with Gasteiger partial charge in [-0.1, -0.05) is 41.9 Å². The molecule has 0 saturated heterocycles. The summed E-state index contributed by atoms with van der Waals surface area (Å²) in [6.07, 6.45) is 0. The van der Waals surface area contributed by atoms with Gasteiger partial charge < -0.3 is 20.1 Å². The second-order valence-corrected chi connectivity index (χ2v) is 8.08. The number of benzene rings is 3. The number of nitrogens with one attached hydrogen (secondary N) is 2. The standard InChI is InChI=1S/C26H22ClN3O4/c1-16-11-18(9-10-24(16)31)23-13-22(29-26(33)30-23)17-6-4-7-20(12-17)34-15-25(32)28-14-19-5-2-3-8-21(19)27/h2-13,31H,14-15H2,1H3,(H,28,32)(H,29,30,33). The van der Waals surface area contributed by atoms with Crippen LogP contribution >= 0.6 is 11.6 Å². The van der Waals surface area contributed by atoms with Crippen molar-refractivity contribution in [3.05, 3.63) is 99.4 Å². The van der Waals surface area contributed by atoms with Gasteiger partial charge in [-0.2, -0.15) is 4.98 Å². The van der Waals surface area contributed by atoms with E-state index in [-0.39, 0.29) is 18.3 Å². The molecule has 0 radical (unpaired) electrons. The summed E-state index contributed by atoms with van der Waals surface area (Å²) < 4.78 is 5.64. The Morgan fingerprint density at radius 3 is 2.68 bits per heavy atom. The number of hydrogen-bond donors (Lipinski definition) is 3. The number of hydrogen-bond acceptors (Lipinski definition) is 5. The van der Waals surface area contributed by atoms with Crippen molar-refractivity contribution in [2.45, 2.75) is 13.5 Å². The molecule has 0 aliphatic carbocycles. The lowest BCUT2D eigenvalue weighted by atomic mass is 10.1. The molecular formula is C26H22ClN3O4. The summed E-state index contributed by atoms with van der Waals surface area (Å²) >= 11 is 6.11. The molecule has 34 heavy (non-hydrogen) atoms. The zero-order valence-corrected chi connectivity index (χ0v) is 19.1. The summed E-state index contributed by atoms with van der Waals surface area (Å²) in [4.78, 5) is 31.2. The maximum atomic E-state index is 12.2. The summed E-state index contributed by atoms with van der Waals surface area (Å²) in [7, 11) is 0. The van der Waals surface area contributed by atoms with E-state index in [9.17, 15) is 14.7 Å². The highest BCUT2D eigenvalue weighted by atomic mass is 35.5. The third kappa shape index (κ3) is 5.63. The average Bonchev–Trinajstić information content (AvgIpc) is 2.84. The number of carbonyl (C=O) groups is 1. The Balaban J connectivity index is 1.46. The van der Waals surface area contributed by atoms with E-state index < -0.39 is 5.69 Å². The molecule has 4 aromatic rings. The fourth-order valence-corrected chi connectivity index (χ4v) is 3.57. The molecule has 1 amide bonds. The molecule has 0 fully saturated rings. The molecule has 1 aromatic heterocycles. The van der Waals surface area contributed by atoms with Crippen molar-refractivity contribution in [1.82, 2.24) is 15.3 Å². The first-order valence-corrected chi connectivity index (χ1v) is 10.9. The first-order chi connectivity index (χ1) is 16.4. The topological polar surface area (TPSA) is 104 Å². The van der Waals surface area contributed by atoms with Gasteiger partial charge in [-0.15, -0.1) is 0 Å². The van der Waals surface area contributed by atoms with Crippen LogP contribution in [0.2, 0.25) is 5.02 Å². The number of aromatic hydroxyl groups is 1. The van der Waals surface area contributed by atoms with Crippen LogP contribution in [0, 0.1) is 6.92 Å². The zero-order valence-electron chi connectivity index (χ0n) is 18.3. The largest absolute Gasteiger partial charge is 0.508 e. The van der Waals surface area contributed by atoms with E-state index in [0.717, 1.165) is 11.1 Å². The lowest BCUT2D eigenvalue weighted by Gasteiger charge is -2.10. The molecule has 3 aromatic carbocycles. The molecule has 0 bridgehead atoms. The van der Waals surface area contributed by atoms with Gasteiger partial charge in [-0.3, -0.25) is 4.79 Å². The monoisotopic (exact) mass is 475 g/mol. The lowest BCUT2D eigenvalue weighted by molar-refractivity contribution is -0.123. The van der Waals surface area contributed by atoms with Gasteiger partial charge in [0.15, 0.2) is 6.61 Å². The van der Waals surface area contributed by atoms with Gasteiger partial charge in [0.2, 0.25) is 0 Å². The quantitative estimate of drug-likeness (QED) is 0.366. The minimum absolute atomic E-state index is 0.172. The maximum Gasteiger partial charge on any atom is 0.345 e. The number of carbonyl (C=O) groups excluding carboxylic acids is 1. The number of rotatable bonds is 7. The molecule has 0 unspecified atom stereocenters. The number of aromatic nitrogens is 2. The summed E-state index contributed by atoms with van der Waals surface area (Å²) in [5, 5.41) is 13.1. The molecule has 3 N–H and O–H groups in total. The van der Waals surface area contributed by atoms with Gasteiger partial charge in [0.25, 0.3) is 5.91 Å². The number of amides is 1. The highest BCUT2D eigenvalue weighted by molar-refractivity contribution is 6.31. The molecule has 1 heterocycles. The fourth-order valence-electron chi connectivity index (χ4n) is 3.36. The molecule has 0 saturated carbocycles. The van der Waals surface area contributed by atoms with Crippen molar-refractivity contribution in [3.8, 4) is 34.0 Å². The number of halogens is 1. The number of nitrogens with zero attached hydrogens (tertiary/aromatic N) is 1. The molecule has 0 aliphatic rings. The van der Waals surface area contributed by atoms with Crippen LogP contribution in [-0.2, 0) is 11.3 Å². The van der Waals surface area contributed by atoms with Crippen LogP contribution < -0.4 is 15.7 Å². The summed E-state index contributed by atoms with van der Waals surface area (Å²) in [5.74, 6) is 0.361. The number of phenolic OH excluding ortho intramolecular Hbond substituents is 1. The summed E-state index contributed by atoms with van der Waals surface area (Å²) in [6.45, 7) is 1.91. The van der Waals surface area contributed by atoms with Crippen LogP contribution in [0.15, 0.2) is 77.6 Å². The lowest BCUT2D eigenvalue weighted by Crippen LogP contribution is -2.28. The van der Waals surface area contributed by atoms with Gasteiger partial charge in [-0.25, -0.2) is 4.79 Å². The maximum absolute atomic E-state index is 12.2. The van der Waals surface area contributed by atoms with Gasteiger partial charge in [-0.05, 0) is 66.1 Å². The van der Waals surface area contributed by atoms with Crippen LogP contribution in [0.4, 0.5) is 0 Å². The minimum Gasteiger partial charge on any atom is -0.508 e. The first kappa shape index (κ1) is 23.1. The number of phenols is 1. The minimum atomic E-state index is -0.497. The molecule has 8 heteroatoms. The Morgan fingerprint density at radius 1 is 1.06 bits per heavy atom. The van der Waals surface area contributed by atoms with E-state index in [4.69, 9.17) is 16.3 Å². The van der Waals surface area contributed by atoms with Crippen LogP contribution in [-0.4, -0.2) is 27.6 Å². The Labute approximate surface area is 201 Å². The molecule has 7 nitrogen and oxygen atoms in total. The highest BCUT2D eigenvalue weighted by Gasteiger charge is 2.10. The van der Waals surface area contributed by atoms with Crippen LogP contribution in [0.25, 0.3) is 22.5 Å². The van der Waals surface area contributed by atoms with Crippen molar-refractivity contribution in [3.63, 3.8) is 0 Å². The van der Waals surface area contributed by atoms with Gasteiger partial charge in [0.05, 0.1) is 11.4 Å². The zero-order chi connectivity index (χ0) is 24.1. The van der Waals surface area contributed by atoms with Crippen LogP contribution in [0.5, 0.6) is 11.5 Å². The Hall–Kier alpha value is -4.10. The number of ether oxygens (including phenoxy) is 1. The highest BCUT2D eigenvalue weighted by Crippen LogP contribution is 2.27. The normalized spacial score (nSPS) is 10.6. The number of aryl methyl sites for hydroxylation is 1. The van der Waals surface area contributed by atoms with Crippen LogP contribution in [0.3, 0.4) is 0 Å². The second-order valence-electron chi connectivity index (χ2n) is 7.67. The Morgan fingerprint density at radius 2 is 1.88 bits per heavy atom. The molecule has 4 rings (SSSR count). The van der Waals surface area contributed by atoms with Gasteiger partial charge >= 0.3 is 5.69 Å². The van der Waals surface area contributed by atoms with Crippen LogP contribution in [0.1, 0.15) is 11.1 Å². The van der Waals surface area contributed by atoms with Crippen molar-refractivity contribution >= 4 is 17.5 Å². The van der Waals surface area contributed by atoms with Gasteiger partial charge in [0, 0.05) is 17.1 Å². The second kappa shape index (κ2) is 10.2. The SMILES string of the molecule is Cc1cc(-c2cc(-c3cccc(OCC(=O)NCc4ccccc4Cl)c3)nc(=O)[nH]2)ccc1O. The number of aromatic amines is 1. The molecule has 172 valence electrons. The van der Waals surface area contributed by atoms with E-state index >= 15 is 0 Å². The Kier molecular flexibility index (Phi) is 6.94. The van der Waals surface area contributed by atoms with E-state index in [1.54, 1.807) is 61.5 Å². The molecule has 0 aliphatic heterocycles. The summed E-state index contributed by atoms with van der Waals surface area (Å²) in [6, 6.07) is 21.1. The van der Waals surface area contributed by atoms with E-state index in [1.165, 1.54) is 0 Å². The van der Waals surface area contributed by atoms with Crippen molar-refractivity contribution in [2.75, 3.05) is 6.61 Å². The predicted octanol–water partition coefficient (Wildman–Crippen LogP) is 4.47. The van der Waals surface area contributed by atoms with Crippen molar-refractivity contribution < 1.29 is 14.6 Å². The van der Waals surface area contributed by atoms with E-state index in [0.29, 0.717) is 39.8 Å². The van der Waals surface area contributed by atoms with Gasteiger partial charge in [0.1, 0.15) is 11.5 Å². The smallest absolute Gasteiger partial charge is 0.345 e. The Bertz CT molecular complexity index is 1400. The third-order valence-corrected chi connectivity index (χ3v) is 5.55. The van der Waals surface area contributed by atoms with Crippen molar-refractivity contribution in [1.29, 1.82) is 0 Å². The van der Waals surface area contributed by atoms with Crippen molar-refractivity contribution in [2.24, 2.45) is 0 Å². The van der Waals surface area contributed by atoms with E-state index in [1.807, 2.05) is 18.2 Å². The fraction of sp³-hybridized carbons (Fsp3) is 0.115. The molecular weight excluding hydrogens is 454 g/mol. The molecule has 0 atom stereocenters. The first-order valence-electron chi connectivity index (χ1n) is 10.5. The molecule has 0 spiro atoms. The predicted molar refractivity (Wildman–Crippen MR) is 131 cm³/mol. The van der Waals surface area contributed by atoms with E-state index in [2.05, 4.69) is 15.3 Å². The third-order valence-electron chi connectivity index (χ3n) is 5.19. The number of H-pyrrole nitrogens is 1.